The first-order chi connectivity index (χ1) is 9.15. The third-order valence-electron chi connectivity index (χ3n) is 4.91. The zero-order valence-corrected chi connectivity index (χ0v) is 10.9. The highest BCUT2D eigenvalue weighted by atomic mass is 19.1. The van der Waals surface area contributed by atoms with Gasteiger partial charge in [-0.3, -0.25) is 11.3 Å². The second kappa shape index (κ2) is 5.17. The number of nitrogens with one attached hydrogen (secondary N) is 1. The van der Waals surface area contributed by atoms with Gasteiger partial charge in [-0.2, -0.15) is 0 Å². The van der Waals surface area contributed by atoms with E-state index in [4.69, 9.17) is 5.84 Å². The number of hydrogen-bond acceptors (Lipinski definition) is 2. The van der Waals surface area contributed by atoms with Gasteiger partial charge in [0.1, 0.15) is 11.6 Å². The first-order valence-corrected chi connectivity index (χ1v) is 7.08. The van der Waals surface area contributed by atoms with E-state index >= 15 is 0 Å². The molecule has 4 heteroatoms. The van der Waals surface area contributed by atoms with Gasteiger partial charge < -0.3 is 0 Å². The van der Waals surface area contributed by atoms with E-state index in [0.717, 1.165) is 24.3 Å². The van der Waals surface area contributed by atoms with Gasteiger partial charge in [0.05, 0.1) is 0 Å². The molecule has 0 heterocycles. The third-order valence-corrected chi connectivity index (χ3v) is 4.91. The van der Waals surface area contributed by atoms with Crippen molar-refractivity contribution in [2.75, 3.05) is 0 Å². The molecular weight excluding hydrogens is 246 g/mol. The van der Waals surface area contributed by atoms with E-state index in [2.05, 4.69) is 5.43 Å². The van der Waals surface area contributed by atoms with Crippen molar-refractivity contribution in [3.8, 4) is 0 Å². The number of benzene rings is 1. The van der Waals surface area contributed by atoms with E-state index < -0.39 is 11.6 Å². The lowest BCUT2D eigenvalue weighted by atomic mass is 9.83. The van der Waals surface area contributed by atoms with Gasteiger partial charge >= 0.3 is 0 Å². The highest BCUT2D eigenvalue weighted by Crippen LogP contribution is 2.50. The van der Waals surface area contributed by atoms with Gasteiger partial charge in [0, 0.05) is 12.1 Å². The monoisotopic (exact) mass is 266 g/mol. The lowest BCUT2D eigenvalue weighted by Gasteiger charge is -2.26. The molecule has 0 saturated heterocycles. The fourth-order valence-corrected chi connectivity index (χ4v) is 4.04. The van der Waals surface area contributed by atoms with Gasteiger partial charge in [0.15, 0.2) is 0 Å². The number of fused-ring (bicyclic) bond motifs is 2. The minimum absolute atomic E-state index is 0.158. The maximum Gasteiger partial charge on any atom is 0.126 e. The Morgan fingerprint density at radius 1 is 1.16 bits per heavy atom. The molecule has 0 radical (unpaired) electrons. The van der Waals surface area contributed by atoms with Crippen LogP contribution in [0.15, 0.2) is 18.2 Å². The Morgan fingerprint density at radius 2 is 1.89 bits per heavy atom. The van der Waals surface area contributed by atoms with Crippen molar-refractivity contribution in [2.24, 2.45) is 23.6 Å². The molecule has 19 heavy (non-hydrogen) atoms. The number of halogens is 2. The van der Waals surface area contributed by atoms with Crippen molar-refractivity contribution in [2.45, 2.75) is 38.1 Å². The van der Waals surface area contributed by atoms with Crippen LogP contribution >= 0.6 is 0 Å². The maximum absolute atomic E-state index is 13.3. The van der Waals surface area contributed by atoms with E-state index in [1.807, 2.05) is 0 Å². The summed E-state index contributed by atoms with van der Waals surface area (Å²) < 4.78 is 26.6. The predicted octanol–water partition coefficient (Wildman–Crippen LogP) is 3.30. The van der Waals surface area contributed by atoms with Gasteiger partial charge in [0.25, 0.3) is 0 Å². The van der Waals surface area contributed by atoms with Crippen molar-refractivity contribution >= 4 is 0 Å². The van der Waals surface area contributed by atoms with Crippen LogP contribution in [0.25, 0.3) is 0 Å². The molecule has 2 aliphatic rings. The van der Waals surface area contributed by atoms with Gasteiger partial charge in [-0.05, 0) is 61.1 Å². The van der Waals surface area contributed by atoms with Crippen LogP contribution in [-0.4, -0.2) is 0 Å². The first-order valence-electron chi connectivity index (χ1n) is 7.08. The highest BCUT2D eigenvalue weighted by molar-refractivity contribution is 5.21. The molecule has 0 amide bonds. The molecule has 2 fully saturated rings. The van der Waals surface area contributed by atoms with Gasteiger partial charge in [-0.1, -0.05) is 6.42 Å². The van der Waals surface area contributed by atoms with Crippen LogP contribution < -0.4 is 11.3 Å². The molecule has 2 bridgehead atoms. The highest BCUT2D eigenvalue weighted by Gasteiger charge is 2.40. The van der Waals surface area contributed by atoms with Crippen LogP contribution in [-0.2, 0) is 0 Å². The van der Waals surface area contributed by atoms with Crippen molar-refractivity contribution in [1.29, 1.82) is 0 Å². The van der Waals surface area contributed by atoms with Gasteiger partial charge in [-0.25, -0.2) is 8.78 Å². The molecule has 2 nitrogen and oxygen atoms in total. The Morgan fingerprint density at radius 3 is 2.42 bits per heavy atom. The summed E-state index contributed by atoms with van der Waals surface area (Å²) in [6.45, 7) is 0. The van der Waals surface area contributed by atoms with E-state index in [9.17, 15) is 8.78 Å². The van der Waals surface area contributed by atoms with Crippen LogP contribution in [0, 0.1) is 29.4 Å². The summed E-state index contributed by atoms with van der Waals surface area (Å²) in [6.07, 6.45) is 6.13. The van der Waals surface area contributed by atoms with Crippen LogP contribution in [0.4, 0.5) is 8.78 Å². The Balaban J connectivity index is 1.73. The molecule has 104 valence electrons. The molecule has 3 rings (SSSR count). The molecule has 0 aliphatic heterocycles. The van der Waals surface area contributed by atoms with Crippen LogP contribution in [0.1, 0.15) is 43.7 Å². The van der Waals surface area contributed by atoms with Crippen molar-refractivity contribution in [3.63, 3.8) is 0 Å². The molecule has 4 unspecified atom stereocenters. The minimum atomic E-state index is -0.539. The van der Waals surface area contributed by atoms with E-state index in [1.165, 1.54) is 37.8 Å². The fourth-order valence-electron chi connectivity index (χ4n) is 4.04. The van der Waals surface area contributed by atoms with E-state index in [1.54, 1.807) is 0 Å². The lowest BCUT2D eigenvalue weighted by Crippen LogP contribution is -2.31. The molecule has 1 aromatic rings. The summed E-state index contributed by atoms with van der Waals surface area (Å²) in [4.78, 5) is 0. The SMILES string of the molecule is NNC(CC1CC2CCC1C2)c1cc(F)cc(F)c1. The molecular formula is C15H20F2N2. The summed E-state index contributed by atoms with van der Waals surface area (Å²) in [6, 6.07) is 3.49. The minimum Gasteiger partial charge on any atom is -0.271 e. The van der Waals surface area contributed by atoms with E-state index in [-0.39, 0.29) is 6.04 Å². The van der Waals surface area contributed by atoms with Crippen LogP contribution in [0.5, 0.6) is 0 Å². The average Bonchev–Trinajstić information content (AvgIpc) is 2.96. The van der Waals surface area contributed by atoms with Crippen molar-refractivity contribution in [3.05, 3.63) is 35.4 Å². The Kier molecular flexibility index (Phi) is 3.54. The summed E-state index contributed by atoms with van der Waals surface area (Å²) in [5.74, 6) is 6.82. The third kappa shape index (κ3) is 2.65. The summed E-state index contributed by atoms with van der Waals surface area (Å²) in [7, 11) is 0. The Labute approximate surface area is 112 Å². The topological polar surface area (TPSA) is 38.0 Å². The van der Waals surface area contributed by atoms with Crippen molar-refractivity contribution < 1.29 is 8.78 Å². The zero-order chi connectivity index (χ0) is 13.4. The molecule has 3 N–H and O–H groups in total. The Bertz CT molecular complexity index is 443. The summed E-state index contributed by atoms with van der Waals surface area (Å²) >= 11 is 0. The molecule has 0 aromatic heterocycles. The molecule has 1 aromatic carbocycles. The normalized spacial score (nSPS) is 30.8. The Hall–Kier alpha value is -1.00. The largest absolute Gasteiger partial charge is 0.271 e. The molecule has 4 atom stereocenters. The van der Waals surface area contributed by atoms with E-state index in [0.29, 0.717) is 11.5 Å². The second-order valence-electron chi connectivity index (χ2n) is 6.09. The van der Waals surface area contributed by atoms with Gasteiger partial charge in [0.2, 0.25) is 0 Å². The summed E-state index contributed by atoms with van der Waals surface area (Å²) in [5.41, 5.74) is 3.34. The predicted molar refractivity (Wildman–Crippen MR) is 70.0 cm³/mol. The molecule has 2 aliphatic carbocycles. The number of hydrogen-bond donors (Lipinski definition) is 2. The number of hydrazine groups is 1. The van der Waals surface area contributed by atoms with Crippen LogP contribution in [0.3, 0.4) is 0 Å². The second-order valence-corrected chi connectivity index (χ2v) is 6.09. The first kappa shape index (κ1) is 13.0. The smallest absolute Gasteiger partial charge is 0.126 e. The standard InChI is InChI=1S/C15H20F2N2/c16-13-5-12(6-14(17)8-13)15(19-18)7-11-4-9-1-2-10(11)3-9/h5-6,8-11,15,19H,1-4,7,18H2. The van der Waals surface area contributed by atoms with Crippen LogP contribution in [0.2, 0.25) is 0 Å². The molecule has 0 spiro atoms. The quantitative estimate of drug-likeness (QED) is 0.648. The summed E-state index contributed by atoms with van der Waals surface area (Å²) in [5, 5.41) is 0. The lowest BCUT2D eigenvalue weighted by molar-refractivity contribution is 0.279. The van der Waals surface area contributed by atoms with Crippen molar-refractivity contribution in [1.82, 2.24) is 5.43 Å². The average molecular weight is 266 g/mol. The fraction of sp³-hybridized carbons (Fsp3) is 0.600. The zero-order valence-electron chi connectivity index (χ0n) is 10.9. The number of nitrogens with two attached hydrogens (primary N) is 1. The number of rotatable bonds is 4. The maximum atomic E-state index is 13.3. The molecule has 2 saturated carbocycles. The van der Waals surface area contributed by atoms with Gasteiger partial charge in [-0.15, -0.1) is 0 Å².